The summed E-state index contributed by atoms with van der Waals surface area (Å²) >= 11 is 1.78. The molecule has 19 heavy (non-hydrogen) atoms. The van der Waals surface area contributed by atoms with Crippen molar-refractivity contribution in [1.29, 1.82) is 0 Å². The van der Waals surface area contributed by atoms with E-state index < -0.39 is 11.4 Å². The van der Waals surface area contributed by atoms with Crippen LogP contribution in [0.4, 0.5) is 0 Å². The Morgan fingerprint density at radius 3 is 3.05 bits per heavy atom. The normalized spacial score (nSPS) is 24.5. The maximum absolute atomic E-state index is 11.6. The second-order valence-electron chi connectivity index (χ2n) is 5.54. The molecule has 2 heterocycles. The lowest BCUT2D eigenvalue weighted by Crippen LogP contribution is -2.48. The molecule has 0 bridgehead atoms. The van der Waals surface area contributed by atoms with E-state index >= 15 is 0 Å². The Bertz CT molecular complexity index is 400. The number of thiophene rings is 1. The molecule has 0 aromatic carbocycles. The van der Waals surface area contributed by atoms with Gasteiger partial charge in [-0.1, -0.05) is 19.4 Å². The molecule has 2 rings (SSSR count). The van der Waals surface area contributed by atoms with Crippen molar-refractivity contribution in [1.82, 2.24) is 4.90 Å². The molecule has 0 aliphatic carbocycles. The molecular formula is C15H23NO2S. The molecule has 1 aliphatic rings. The number of hydrogen-bond donors (Lipinski definition) is 1. The molecule has 1 aromatic rings. The Kier molecular flexibility index (Phi) is 4.99. The van der Waals surface area contributed by atoms with E-state index in [0.717, 1.165) is 51.7 Å². The van der Waals surface area contributed by atoms with E-state index in [-0.39, 0.29) is 0 Å². The average Bonchev–Trinajstić information content (AvgIpc) is 2.90. The van der Waals surface area contributed by atoms with E-state index in [9.17, 15) is 9.90 Å². The Hall–Kier alpha value is -0.870. The summed E-state index contributed by atoms with van der Waals surface area (Å²) in [5.41, 5.74) is -0.498. The highest BCUT2D eigenvalue weighted by Gasteiger charge is 2.41. The fourth-order valence-corrected chi connectivity index (χ4v) is 3.80. The monoisotopic (exact) mass is 281 g/mol. The van der Waals surface area contributed by atoms with Crippen LogP contribution in [0.5, 0.6) is 0 Å². The summed E-state index contributed by atoms with van der Waals surface area (Å²) in [6, 6.07) is 4.24. The number of likely N-dealkylation sites (tertiary alicyclic amines) is 1. The lowest BCUT2D eigenvalue weighted by atomic mass is 9.76. The number of carboxylic acid groups (broad SMARTS) is 1. The minimum absolute atomic E-state index is 0.498. The van der Waals surface area contributed by atoms with Crippen molar-refractivity contribution in [2.24, 2.45) is 5.41 Å². The van der Waals surface area contributed by atoms with E-state index in [1.165, 1.54) is 4.88 Å². The van der Waals surface area contributed by atoms with Crippen LogP contribution in [0.3, 0.4) is 0 Å². The van der Waals surface area contributed by atoms with Crippen LogP contribution in [0.25, 0.3) is 0 Å². The van der Waals surface area contributed by atoms with Crippen molar-refractivity contribution >= 4 is 17.3 Å². The third kappa shape index (κ3) is 3.57. The molecule has 4 heteroatoms. The first-order chi connectivity index (χ1) is 9.16. The van der Waals surface area contributed by atoms with Crippen molar-refractivity contribution in [3.8, 4) is 0 Å². The van der Waals surface area contributed by atoms with E-state index in [0.29, 0.717) is 0 Å². The number of nitrogens with zero attached hydrogens (tertiary/aromatic N) is 1. The molecule has 1 aliphatic heterocycles. The van der Waals surface area contributed by atoms with Gasteiger partial charge in [0.15, 0.2) is 0 Å². The van der Waals surface area contributed by atoms with Crippen molar-refractivity contribution in [2.75, 3.05) is 19.6 Å². The first kappa shape index (κ1) is 14.5. The number of piperidine rings is 1. The van der Waals surface area contributed by atoms with Gasteiger partial charge in [0.25, 0.3) is 0 Å². The van der Waals surface area contributed by atoms with Crippen molar-refractivity contribution in [3.05, 3.63) is 22.4 Å². The molecule has 1 atom stereocenters. The van der Waals surface area contributed by atoms with Gasteiger partial charge in [0.05, 0.1) is 5.41 Å². The van der Waals surface area contributed by atoms with Crippen LogP contribution in [0, 0.1) is 5.41 Å². The molecule has 3 nitrogen and oxygen atoms in total. The van der Waals surface area contributed by atoms with Crippen LogP contribution in [0.1, 0.15) is 37.5 Å². The van der Waals surface area contributed by atoms with Gasteiger partial charge in [0.1, 0.15) is 0 Å². The van der Waals surface area contributed by atoms with Crippen LogP contribution < -0.4 is 0 Å². The third-order valence-electron chi connectivity index (χ3n) is 4.09. The van der Waals surface area contributed by atoms with E-state index in [1.54, 1.807) is 11.3 Å². The highest BCUT2D eigenvalue weighted by atomic mass is 32.1. The summed E-state index contributed by atoms with van der Waals surface area (Å²) in [6.07, 6.45) is 4.64. The highest BCUT2D eigenvalue weighted by molar-refractivity contribution is 7.09. The molecule has 106 valence electrons. The molecule has 0 radical (unpaired) electrons. The quantitative estimate of drug-likeness (QED) is 0.870. The summed E-state index contributed by atoms with van der Waals surface area (Å²) in [6.45, 7) is 4.83. The molecule has 1 N–H and O–H groups in total. The van der Waals surface area contributed by atoms with Crippen LogP contribution in [0.2, 0.25) is 0 Å². The maximum Gasteiger partial charge on any atom is 0.310 e. The predicted molar refractivity (Wildman–Crippen MR) is 78.7 cm³/mol. The molecule has 1 saturated heterocycles. The molecule has 1 aromatic heterocycles. The fraction of sp³-hybridized carbons (Fsp3) is 0.667. The molecule has 1 fully saturated rings. The van der Waals surface area contributed by atoms with Gasteiger partial charge in [0.2, 0.25) is 0 Å². The fourth-order valence-electron chi connectivity index (χ4n) is 3.11. The predicted octanol–water partition coefficient (Wildman–Crippen LogP) is 3.26. The van der Waals surface area contributed by atoms with Gasteiger partial charge in [-0.2, -0.15) is 0 Å². The lowest BCUT2D eigenvalue weighted by molar-refractivity contribution is -0.153. The molecule has 0 spiro atoms. The molecule has 0 amide bonds. The lowest BCUT2D eigenvalue weighted by Gasteiger charge is -2.40. The Balaban J connectivity index is 1.93. The second-order valence-corrected chi connectivity index (χ2v) is 6.58. The van der Waals surface area contributed by atoms with Gasteiger partial charge in [0, 0.05) is 18.0 Å². The van der Waals surface area contributed by atoms with Gasteiger partial charge in [-0.05, 0) is 43.7 Å². The first-order valence-electron chi connectivity index (χ1n) is 7.14. The van der Waals surface area contributed by atoms with Crippen LogP contribution >= 0.6 is 11.3 Å². The number of carboxylic acids is 1. The standard InChI is InChI=1S/C15H23NO2S/c1-2-7-15(14(17)18)8-4-9-16(12-15)10-6-13-5-3-11-19-13/h3,5,11H,2,4,6-10,12H2,1H3,(H,17,18). The number of rotatable bonds is 6. The SMILES string of the molecule is CCCC1(C(=O)O)CCCN(CCc2cccs2)C1. The summed E-state index contributed by atoms with van der Waals surface area (Å²) in [5, 5.41) is 11.7. The summed E-state index contributed by atoms with van der Waals surface area (Å²) in [4.78, 5) is 15.4. The van der Waals surface area contributed by atoms with Crippen LogP contribution in [-0.4, -0.2) is 35.6 Å². The van der Waals surface area contributed by atoms with Gasteiger partial charge in [-0.3, -0.25) is 4.79 Å². The minimum atomic E-state index is -0.602. The van der Waals surface area contributed by atoms with Gasteiger partial charge in [-0.25, -0.2) is 0 Å². The second kappa shape index (κ2) is 6.53. The van der Waals surface area contributed by atoms with Gasteiger partial charge in [-0.15, -0.1) is 11.3 Å². The zero-order valence-electron chi connectivity index (χ0n) is 11.6. The first-order valence-corrected chi connectivity index (χ1v) is 8.02. The largest absolute Gasteiger partial charge is 0.481 e. The van der Waals surface area contributed by atoms with Crippen LogP contribution in [0.15, 0.2) is 17.5 Å². The van der Waals surface area contributed by atoms with E-state index in [1.807, 2.05) is 0 Å². The van der Waals surface area contributed by atoms with E-state index in [2.05, 4.69) is 29.3 Å². The van der Waals surface area contributed by atoms with Crippen molar-refractivity contribution < 1.29 is 9.90 Å². The van der Waals surface area contributed by atoms with Crippen molar-refractivity contribution in [2.45, 2.75) is 39.0 Å². The molecule has 1 unspecified atom stereocenters. The minimum Gasteiger partial charge on any atom is -0.481 e. The summed E-state index contributed by atoms with van der Waals surface area (Å²) in [5.74, 6) is -0.602. The van der Waals surface area contributed by atoms with Gasteiger partial charge >= 0.3 is 5.97 Å². The molecular weight excluding hydrogens is 258 g/mol. The topological polar surface area (TPSA) is 40.5 Å². The zero-order valence-corrected chi connectivity index (χ0v) is 12.4. The number of aliphatic carboxylic acids is 1. The van der Waals surface area contributed by atoms with Crippen molar-refractivity contribution in [3.63, 3.8) is 0 Å². The van der Waals surface area contributed by atoms with Crippen LogP contribution in [-0.2, 0) is 11.2 Å². The van der Waals surface area contributed by atoms with E-state index in [4.69, 9.17) is 0 Å². The maximum atomic E-state index is 11.6. The summed E-state index contributed by atoms with van der Waals surface area (Å²) < 4.78 is 0. The van der Waals surface area contributed by atoms with Gasteiger partial charge < -0.3 is 10.0 Å². The highest BCUT2D eigenvalue weighted by Crippen LogP contribution is 2.35. The molecule has 0 saturated carbocycles. The summed E-state index contributed by atoms with van der Waals surface area (Å²) in [7, 11) is 0. The average molecular weight is 281 g/mol. The zero-order chi connectivity index (χ0) is 13.7. The number of hydrogen-bond acceptors (Lipinski definition) is 3. The number of carbonyl (C=O) groups is 1. The Morgan fingerprint density at radius 2 is 2.42 bits per heavy atom. The Labute approximate surface area is 119 Å². The smallest absolute Gasteiger partial charge is 0.310 e. The Morgan fingerprint density at radius 1 is 1.58 bits per heavy atom. The third-order valence-corrected chi connectivity index (χ3v) is 5.03.